The molecule has 0 aliphatic carbocycles. The maximum Gasteiger partial charge on any atom is 0.237 e. The highest BCUT2D eigenvalue weighted by Crippen LogP contribution is 2.22. The predicted molar refractivity (Wildman–Crippen MR) is 98.5 cm³/mol. The summed E-state index contributed by atoms with van der Waals surface area (Å²) in [5, 5.41) is 2.81. The molecular weight excluding hydrogens is 337 g/mol. The Labute approximate surface area is 154 Å². The number of rotatable bonds is 7. The molecule has 1 aliphatic heterocycles. The fourth-order valence-electron chi connectivity index (χ4n) is 2.95. The zero-order valence-electron chi connectivity index (χ0n) is 15.8. The number of piperazine rings is 1. The van der Waals surface area contributed by atoms with Gasteiger partial charge in [-0.1, -0.05) is 0 Å². The van der Waals surface area contributed by atoms with Gasteiger partial charge in [0, 0.05) is 52.1 Å². The molecule has 6 nitrogen and oxygen atoms in total. The van der Waals surface area contributed by atoms with E-state index >= 15 is 0 Å². The predicted octanol–water partition coefficient (Wildman–Crippen LogP) is 1.65. The molecule has 0 atom stereocenters. The Bertz CT molecular complexity index is 611. The lowest BCUT2D eigenvalue weighted by Gasteiger charge is -2.39. The van der Waals surface area contributed by atoms with Crippen molar-refractivity contribution in [2.24, 2.45) is 5.41 Å². The van der Waals surface area contributed by atoms with Crippen molar-refractivity contribution >= 4 is 17.5 Å². The van der Waals surface area contributed by atoms with Crippen molar-refractivity contribution in [1.82, 2.24) is 10.2 Å². The third kappa shape index (κ3) is 4.94. The number of anilines is 1. The van der Waals surface area contributed by atoms with Gasteiger partial charge in [-0.3, -0.25) is 9.59 Å². The van der Waals surface area contributed by atoms with Gasteiger partial charge in [0.15, 0.2) is 0 Å². The highest BCUT2D eigenvalue weighted by molar-refractivity contribution is 6.04. The first-order chi connectivity index (χ1) is 12.4. The lowest BCUT2D eigenvalue weighted by Crippen LogP contribution is -2.55. The topological polar surface area (TPSA) is 61.9 Å². The monoisotopic (exact) mass is 365 g/mol. The van der Waals surface area contributed by atoms with Crippen LogP contribution in [0.2, 0.25) is 0 Å². The molecule has 0 bridgehead atoms. The molecule has 1 aromatic rings. The van der Waals surface area contributed by atoms with Gasteiger partial charge in [-0.15, -0.1) is 0 Å². The number of carbonyl (C=O) groups is 2. The number of nitrogens with one attached hydrogen (secondary N) is 1. The zero-order chi connectivity index (χ0) is 19.2. The van der Waals surface area contributed by atoms with Crippen LogP contribution in [-0.2, 0) is 14.3 Å². The molecule has 0 radical (unpaired) electrons. The van der Waals surface area contributed by atoms with Crippen molar-refractivity contribution in [2.75, 3.05) is 51.3 Å². The molecule has 1 aliphatic rings. The highest BCUT2D eigenvalue weighted by atomic mass is 19.1. The van der Waals surface area contributed by atoms with E-state index < -0.39 is 5.41 Å². The van der Waals surface area contributed by atoms with Crippen molar-refractivity contribution in [3.8, 4) is 0 Å². The average Bonchev–Trinajstić information content (AvgIpc) is 2.65. The number of methoxy groups -OCH3 is 1. The second-order valence-corrected chi connectivity index (χ2v) is 6.98. The number of halogens is 1. The van der Waals surface area contributed by atoms with Gasteiger partial charge in [0.1, 0.15) is 11.2 Å². The third-order valence-corrected chi connectivity index (χ3v) is 4.67. The standard InChI is InChI=1S/C19H28FN3O3/c1-19(2,17(24)21-9-4-14-26-3)18(25)23-12-10-22(11-13-23)16-7-5-15(20)6-8-16/h5-8H,4,9-14H2,1-3H3,(H,21,24). The first kappa shape index (κ1) is 20.2. The summed E-state index contributed by atoms with van der Waals surface area (Å²) in [7, 11) is 1.61. The minimum absolute atomic E-state index is 0.166. The van der Waals surface area contributed by atoms with Gasteiger partial charge in [0.25, 0.3) is 0 Å². The molecule has 0 spiro atoms. The smallest absolute Gasteiger partial charge is 0.237 e. The van der Waals surface area contributed by atoms with Crippen LogP contribution < -0.4 is 10.2 Å². The number of nitrogens with zero attached hydrogens (tertiary/aromatic N) is 2. The van der Waals surface area contributed by atoms with Crippen LogP contribution in [0.5, 0.6) is 0 Å². The molecule has 0 aromatic heterocycles. The average molecular weight is 365 g/mol. The maximum absolute atomic E-state index is 13.0. The molecule has 7 heteroatoms. The molecular formula is C19H28FN3O3. The van der Waals surface area contributed by atoms with E-state index in [0.717, 1.165) is 5.69 Å². The van der Waals surface area contributed by atoms with E-state index in [-0.39, 0.29) is 17.6 Å². The minimum atomic E-state index is -1.11. The highest BCUT2D eigenvalue weighted by Gasteiger charge is 2.39. The molecule has 0 unspecified atom stereocenters. The Morgan fingerprint density at radius 2 is 1.77 bits per heavy atom. The van der Waals surface area contributed by atoms with E-state index in [2.05, 4.69) is 10.2 Å². The summed E-state index contributed by atoms with van der Waals surface area (Å²) in [6, 6.07) is 6.35. The van der Waals surface area contributed by atoms with Crippen LogP contribution in [0.4, 0.5) is 10.1 Å². The Morgan fingerprint density at radius 3 is 2.35 bits per heavy atom. The second kappa shape index (κ2) is 8.98. The number of benzene rings is 1. The van der Waals surface area contributed by atoms with Crippen LogP contribution in [0.15, 0.2) is 24.3 Å². The maximum atomic E-state index is 13.0. The molecule has 2 amide bonds. The summed E-state index contributed by atoms with van der Waals surface area (Å²) in [6.45, 7) is 6.77. The van der Waals surface area contributed by atoms with Crippen LogP contribution in [0.3, 0.4) is 0 Å². The molecule has 144 valence electrons. The van der Waals surface area contributed by atoms with Crippen molar-refractivity contribution in [3.05, 3.63) is 30.1 Å². The quantitative estimate of drug-likeness (QED) is 0.590. The fourth-order valence-corrected chi connectivity index (χ4v) is 2.95. The molecule has 1 N–H and O–H groups in total. The molecule has 1 saturated heterocycles. The van der Waals surface area contributed by atoms with Crippen molar-refractivity contribution in [3.63, 3.8) is 0 Å². The first-order valence-corrected chi connectivity index (χ1v) is 8.93. The first-order valence-electron chi connectivity index (χ1n) is 8.93. The van der Waals surface area contributed by atoms with Gasteiger partial charge in [0.05, 0.1) is 0 Å². The summed E-state index contributed by atoms with van der Waals surface area (Å²) in [5.41, 5.74) is -0.167. The number of hydrogen-bond donors (Lipinski definition) is 1. The van der Waals surface area contributed by atoms with E-state index in [9.17, 15) is 14.0 Å². The second-order valence-electron chi connectivity index (χ2n) is 6.98. The Balaban J connectivity index is 1.87. The van der Waals surface area contributed by atoms with Gasteiger partial charge < -0.3 is 19.9 Å². The molecule has 1 heterocycles. The number of amides is 2. The van der Waals surface area contributed by atoms with Gasteiger partial charge >= 0.3 is 0 Å². The SMILES string of the molecule is COCCCNC(=O)C(C)(C)C(=O)N1CCN(c2ccc(F)cc2)CC1. The normalized spacial score (nSPS) is 15.1. The summed E-state index contributed by atoms with van der Waals surface area (Å²) in [4.78, 5) is 29.0. The van der Waals surface area contributed by atoms with Crippen molar-refractivity contribution in [1.29, 1.82) is 0 Å². The summed E-state index contributed by atoms with van der Waals surface area (Å²) in [6.07, 6.45) is 0.711. The zero-order valence-corrected chi connectivity index (χ0v) is 15.8. The fraction of sp³-hybridized carbons (Fsp3) is 0.579. The molecule has 2 rings (SSSR count). The van der Waals surface area contributed by atoms with Crippen LogP contribution in [-0.4, -0.2) is 63.2 Å². The molecule has 1 aromatic carbocycles. The minimum Gasteiger partial charge on any atom is -0.385 e. The van der Waals surface area contributed by atoms with E-state index in [1.165, 1.54) is 12.1 Å². The lowest BCUT2D eigenvalue weighted by atomic mass is 9.90. The molecule has 0 saturated carbocycles. The summed E-state index contributed by atoms with van der Waals surface area (Å²) >= 11 is 0. The Hall–Kier alpha value is -2.15. The van der Waals surface area contributed by atoms with E-state index in [1.807, 2.05) is 0 Å². The van der Waals surface area contributed by atoms with E-state index in [0.29, 0.717) is 45.8 Å². The van der Waals surface area contributed by atoms with Crippen molar-refractivity contribution < 1.29 is 18.7 Å². The number of carbonyl (C=O) groups excluding carboxylic acids is 2. The third-order valence-electron chi connectivity index (χ3n) is 4.67. The van der Waals surface area contributed by atoms with Gasteiger partial charge in [0.2, 0.25) is 11.8 Å². The van der Waals surface area contributed by atoms with Gasteiger partial charge in [-0.25, -0.2) is 4.39 Å². The summed E-state index contributed by atoms with van der Waals surface area (Å²) in [5.74, 6) is -0.694. The number of ether oxygens (including phenoxy) is 1. The van der Waals surface area contributed by atoms with Crippen LogP contribution in [0.25, 0.3) is 0 Å². The lowest BCUT2D eigenvalue weighted by molar-refractivity contribution is -0.148. The Kier molecular flexibility index (Phi) is 6.97. The van der Waals surface area contributed by atoms with E-state index in [4.69, 9.17) is 4.74 Å². The molecule has 1 fully saturated rings. The summed E-state index contributed by atoms with van der Waals surface area (Å²) < 4.78 is 18.0. The Morgan fingerprint density at radius 1 is 1.15 bits per heavy atom. The van der Waals surface area contributed by atoms with Crippen LogP contribution >= 0.6 is 0 Å². The van der Waals surface area contributed by atoms with E-state index in [1.54, 1.807) is 38.0 Å². The van der Waals surface area contributed by atoms with Gasteiger partial charge in [-0.2, -0.15) is 0 Å². The number of hydrogen-bond acceptors (Lipinski definition) is 4. The largest absolute Gasteiger partial charge is 0.385 e. The van der Waals surface area contributed by atoms with Crippen LogP contribution in [0.1, 0.15) is 20.3 Å². The molecule has 26 heavy (non-hydrogen) atoms. The van der Waals surface area contributed by atoms with Gasteiger partial charge in [-0.05, 0) is 44.5 Å². The van der Waals surface area contributed by atoms with Crippen LogP contribution in [0, 0.1) is 11.2 Å². The van der Waals surface area contributed by atoms with Crippen molar-refractivity contribution in [2.45, 2.75) is 20.3 Å².